The van der Waals surface area contributed by atoms with E-state index in [4.69, 9.17) is 0 Å². The molecule has 0 aromatic carbocycles. The third-order valence-corrected chi connectivity index (χ3v) is 4.85. The highest BCUT2D eigenvalue weighted by molar-refractivity contribution is 7.12. The minimum absolute atomic E-state index is 0.0895. The lowest BCUT2D eigenvalue weighted by atomic mass is 9.93. The van der Waals surface area contributed by atoms with Crippen molar-refractivity contribution in [1.29, 1.82) is 0 Å². The molecule has 0 bridgehead atoms. The maximum atomic E-state index is 12.3. The number of carboxylic acids is 1. The van der Waals surface area contributed by atoms with Gasteiger partial charge in [-0.1, -0.05) is 6.92 Å². The predicted octanol–water partition coefficient (Wildman–Crippen LogP) is 3.22. The summed E-state index contributed by atoms with van der Waals surface area (Å²) in [6.45, 7) is 4.65. The van der Waals surface area contributed by atoms with E-state index in [0.29, 0.717) is 25.8 Å². The molecule has 1 N–H and O–H groups in total. The maximum Gasteiger partial charge on any atom is 0.308 e. The van der Waals surface area contributed by atoms with Crippen LogP contribution in [0.25, 0.3) is 0 Å². The maximum absolute atomic E-state index is 12.3. The summed E-state index contributed by atoms with van der Waals surface area (Å²) in [6.07, 6.45) is 2.54. The van der Waals surface area contributed by atoms with Crippen LogP contribution in [-0.2, 0) is 9.59 Å². The lowest BCUT2D eigenvalue weighted by molar-refractivity contribution is -0.146. The average molecular weight is 295 g/mol. The van der Waals surface area contributed by atoms with E-state index >= 15 is 0 Å². The summed E-state index contributed by atoms with van der Waals surface area (Å²) in [5, 5.41) is 9.54. The molecule has 1 aromatic heterocycles. The van der Waals surface area contributed by atoms with Gasteiger partial charge in [-0.15, -0.1) is 11.3 Å². The zero-order chi connectivity index (χ0) is 14.7. The fourth-order valence-electron chi connectivity index (χ4n) is 2.87. The van der Waals surface area contributed by atoms with Crippen molar-refractivity contribution >= 4 is 23.2 Å². The van der Waals surface area contributed by atoms with Crippen molar-refractivity contribution in [2.45, 2.75) is 45.6 Å². The topological polar surface area (TPSA) is 57.6 Å². The third kappa shape index (κ3) is 3.03. The zero-order valence-corrected chi connectivity index (χ0v) is 12.8. The highest BCUT2D eigenvalue weighted by Crippen LogP contribution is 2.38. The number of carbonyl (C=O) groups excluding carboxylic acids is 1. The van der Waals surface area contributed by atoms with Crippen LogP contribution in [0.2, 0.25) is 0 Å². The van der Waals surface area contributed by atoms with Crippen LogP contribution < -0.4 is 0 Å². The van der Waals surface area contributed by atoms with Crippen molar-refractivity contribution < 1.29 is 14.7 Å². The molecule has 5 heteroatoms. The van der Waals surface area contributed by atoms with Gasteiger partial charge in [0, 0.05) is 22.7 Å². The van der Waals surface area contributed by atoms with E-state index in [0.717, 1.165) is 16.2 Å². The Morgan fingerprint density at radius 2 is 2.25 bits per heavy atom. The fourth-order valence-corrected chi connectivity index (χ4v) is 3.93. The van der Waals surface area contributed by atoms with E-state index in [9.17, 15) is 14.7 Å². The standard InChI is InChI=1S/C15H21NO3S/c1-3-9-16-13(17)6-4-5-11(15(18)19)14(16)12-8-7-10(2)20-12/h7-8,11,14H,3-6,9H2,1-2H3,(H,18,19). The molecular formula is C15H21NO3S. The van der Waals surface area contributed by atoms with Gasteiger partial charge in [0.15, 0.2) is 0 Å². The van der Waals surface area contributed by atoms with Gasteiger partial charge in [-0.05, 0) is 38.3 Å². The van der Waals surface area contributed by atoms with Gasteiger partial charge in [-0.2, -0.15) is 0 Å². The van der Waals surface area contributed by atoms with E-state index in [1.807, 2.05) is 26.0 Å². The number of rotatable bonds is 4. The number of thiophene rings is 1. The van der Waals surface area contributed by atoms with Crippen molar-refractivity contribution in [3.8, 4) is 0 Å². The van der Waals surface area contributed by atoms with Crippen molar-refractivity contribution in [2.75, 3.05) is 6.54 Å². The molecule has 2 atom stereocenters. The number of aliphatic carboxylic acids is 1. The van der Waals surface area contributed by atoms with Gasteiger partial charge in [0.2, 0.25) is 5.91 Å². The van der Waals surface area contributed by atoms with Crippen LogP contribution >= 0.6 is 11.3 Å². The summed E-state index contributed by atoms with van der Waals surface area (Å²) in [6, 6.07) is 3.67. The highest BCUT2D eigenvalue weighted by Gasteiger charge is 2.38. The number of hydrogen-bond donors (Lipinski definition) is 1. The van der Waals surface area contributed by atoms with E-state index in [1.54, 1.807) is 16.2 Å². The van der Waals surface area contributed by atoms with E-state index in [2.05, 4.69) is 0 Å². The summed E-state index contributed by atoms with van der Waals surface area (Å²) in [5.41, 5.74) is 0. The molecule has 1 amide bonds. The second-order valence-electron chi connectivity index (χ2n) is 5.32. The van der Waals surface area contributed by atoms with Crippen LogP contribution in [0, 0.1) is 12.8 Å². The minimum atomic E-state index is -0.795. The van der Waals surface area contributed by atoms with Gasteiger partial charge in [-0.3, -0.25) is 9.59 Å². The van der Waals surface area contributed by atoms with Crippen molar-refractivity contribution in [3.05, 3.63) is 21.9 Å². The molecule has 1 aliphatic heterocycles. The second-order valence-corrected chi connectivity index (χ2v) is 6.64. The largest absolute Gasteiger partial charge is 0.481 e. The van der Waals surface area contributed by atoms with Gasteiger partial charge in [0.25, 0.3) is 0 Å². The van der Waals surface area contributed by atoms with Crippen molar-refractivity contribution in [2.24, 2.45) is 5.92 Å². The van der Waals surface area contributed by atoms with E-state index in [1.165, 1.54) is 0 Å². The Bertz CT molecular complexity index is 497. The molecule has 4 nitrogen and oxygen atoms in total. The van der Waals surface area contributed by atoms with Crippen LogP contribution in [0.1, 0.15) is 48.4 Å². The number of nitrogens with zero attached hydrogens (tertiary/aromatic N) is 1. The summed E-state index contributed by atoms with van der Waals surface area (Å²) >= 11 is 1.60. The number of amides is 1. The molecule has 0 aliphatic carbocycles. The molecule has 1 fully saturated rings. The lowest BCUT2D eigenvalue weighted by Gasteiger charge is -2.32. The summed E-state index contributed by atoms with van der Waals surface area (Å²) in [5.74, 6) is -1.20. The Morgan fingerprint density at radius 3 is 2.80 bits per heavy atom. The quantitative estimate of drug-likeness (QED) is 0.928. The number of aryl methyl sites for hydroxylation is 1. The van der Waals surface area contributed by atoms with Crippen molar-refractivity contribution in [1.82, 2.24) is 4.90 Å². The Hall–Kier alpha value is -1.36. The number of likely N-dealkylation sites (tertiary alicyclic amines) is 1. The molecule has 0 spiro atoms. The second kappa shape index (κ2) is 6.39. The summed E-state index contributed by atoms with van der Waals surface area (Å²) in [4.78, 5) is 27.9. The molecular weight excluding hydrogens is 274 g/mol. The highest BCUT2D eigenvalue weighted by atomic mass is 32.1. The Kier molecular flexibility index (Phi) is 4.81. The first kappa shape index (κ1) is 15.0. The van der Waals surface area contributed by atoms with Crippen LogP contribution in [0.5, 0.6) is 0 Å². The SMILES string of the molecule is CCCN1C(=O)CCCC(C(=O)O)C1c1ccc(C)s1. The molecule has 2 heterocycles. The summed E-state index contributed by atoms with van der Waals surface area (Å²) < 4.78 is 0. The zero-order valence-electron chi connectivity index (χ0n) is 12.0. The van der Waals surface area contributed by atoms with Gasteiger partial charge < -0.3 is 10.0 Å². The first-order valence-corrected chi connectivity index (χ1v) is 7.94. The predicted molar refractivity (Wildman–Crippen MR) is 78.8 cm³/mol. The number of carbonyl (C=O) groups is 2. The van der Waals surface area contributed by atoms with Gasteiger partial charge >= 0.3 is 5.97 Å². The van der Waals surface area contributed by atoms with Crippen LogP contribution in [0.15, 0.2) is 12.1 Å². The normalized spacial score (nSPS) is 23.7. The molecule has 1 aliphatic rings. The van der Waals surface area contributed by atoms with E-state index in [-0.39, 0.29) is 11.9 Å². The van der Waals surface area contributed by atoms with Gasteiger partial charge in [-0.25, -0.2) is 0 Å². The molecule has 2 unspecified atom stereocenters. The molecule has 20 heavy (non-hydrogen) atoms. The number of hydrogen-bond acceptors (Lipinski definition) is 3. The molecule has 1 aromatic rings. The molecule has 110 valence electrons. The van der Waals surface area contributed by atoms with Gasteiger partial charge in [0.1, 0.15) is 0 Å². The first-order valence-electron chi connectivity index (χ1n) is 7.13. The van der Waals surface area contributed by atoms with Crippen LogP contribution in [0.3, 0.4) is 0 Å². The molecule has 1 saturated heterocycles. The Balaban J connectivity index is 2.42. The Labute approximate surface area is 123 Å². The van der Waals surface area contributed by atoms with E-state index < -0.39 is 11.9 Å². The monoisotopic (exact) mass is 295 g/mol. The Morgan fingerprint density at radius 1 is 1.50 bits per heavy atom. The average Bonchev–Trinajstić information content (AvgIpc) is 2.74. The fraction of sp³-hybridized carbons (Fsp3) is 0.600. The van der Waals surface area contributed by atoms with Crippen LogP contribution in [-0.4, -0.2) is 28.4 Å². The number of carboxylic acid groups (broad SMARTS) is 1. The molecule has 0 radical (unpaired) electrons. The summed E-state index contributed by atoms with van der Waals surface area (Å²) in [7, 11) is 0. The lowest BCUT2D eigenvalue weighted by Crippen LogP contribution is -2.39. The smallest absolute Gasteiger partial charge is 0.308 e. The third-order valence-electron chi connectivity index (χ3n) is 3.78. The van der Waals surface area contributed by atoms with Crippen molar-refractivity contribution in [3.63, 3.8) is 0 Å². The molecule has 2 rings (SSSR count). The van der Waals surface area contributed by atoms with Crippen LogP contribution in [0.4, 0.5) is 0 Å². The molecule has 0 saturated carbocycles. The van der Waals surface area contributed by atoms with Gasteiger partial charge in [0.05, 0.1) is 12.0 Å². The minimum Gasteiger partial charge on any atom is -0.481 e. The first-order chi connectivity index (χ1) is 9.54.